The number of hydrogen-bond donors (Lipinski definition) is 1. The van der Waals surface area contributed by atoms with Crippen molar-refractivity contribution in [1.29, 1.82) is 0 Å². The Bertz CT molecular complexity index is 459. The minimum atomic E-state index is -4.28. The highest BCUT2D eigenvalue weighted by Gasteiger charge is 2.31. The molecule has 1 aliphatic heterocycles. The molecule has 1 aliphatic rings. The van der Waals surface area contributed by atoms with Gasteiger partial charge in [-0.2, -0.15) is 13.2 Å². The minimum Gasteiger partial charge on any atom is -0.370 e. The second-order valence-electron chi connectivity index (χ2n) is 5.79. The molecule has 0 bridgehead atoms. The molecular formula is C16H23F3N2. The first kappa shape index (κ1) is 16.1. The molecule has 1 saturated heterocycles. The molecule has 1 aromatic carbocycles. The van der Waals surface area contributed by atoms with Gasteiger partial charge in [-0.05, 0) is 37.1 Å². The van der Waals surface area contributed by atoms with Crippen LogP contribution in [0.3, 0.4) is 0 Å². The van der Waals surface area contributed by atoms with Crippen LogP contribution in [0.25, 0.3) is 0 Å². The molecule has 0 aliphatic carbocycles. The normalized spacial score (nSPS) is 22.0. The summed E-state index contributed by atoms with van der Waals surface area (Å²) in [7, 11) is 0. The molecule has 0 radical (unpaired) electrons. The van der Waals surface area contributed by atoms with Gasteiger partial charge in [-0.25, -0.2) is 0 Å². The molecule has 0 saturated carbocycles. The lowest BCUT2D eigenvalue weighted by atomic mass is 9.98. The number of alkyl halides is 3. The van der Waals surface area contributed by atoms with Crippen LogP contribution < -0.4 is 10.2 Å². The molecule has 118 valence electrons. The first-order chi connectivity index (χ1) is 9.91. The van der Waals surface area contributed by atoms with E-state index in [0.29, 0.717) is 17.6 Å². The molecule has 2 unspecified atom stereocenters. The van der Waals surface area contributed by atoms with Gasteiger partial charge in [0.15, 0.2) is 0 Å². The number of nitrogens with zero attached hydrogens (tertiary/aromatic N) is 1. The van der Waals surface area contributed by atoms with Gasteiger partial charge < -0.3 is 10.2 Å². The van der Waals surface area contributed by atoms with Crippen molar-refractivity contribution in [2.24, 2.45) is 5.92 Å². The van der Waals surface area contributed by atoms with Gasteiger partial charge in [0.05, 0.1) is 5.56 Å². The van der Waals surface area contributed by atoms with Gasteiger partial charge in [0.2, 0.25) is 0 Å². The zero-order chi connectivity index (χ0) is 15.5. The molecule has 2 rings (SSSR count). The van der Waals surface area contributed by atoms with Crippen LogP contribution in [0, 0.1) is 5.92 Å². The van der Waals surface area contributed by atoms with Gasteiger partial charge in [0, 0.05) is 24.8 Å². The lowest BCUT2D eigenvalue weighted by Gasteiger charge is -2.30. The van der Waals surface area contributed by atoms with Gasteiger partial charge in [-0.15, -0.1) is 0 Å². The summed E-state index contributed by atoms with van der Waals surface area (Å²) in [6.45, 7) is 6.81. The van der Waals surface area contributed by atoms with Crippen molar-refractivity contribution in [3.05, 3.63) is 29.8 Å². The lowest BCUT2D eigenvalue weighted by Crippen LogP contribution is -2.42. The third-order valence-corrected chi connectivity index (χ3v) is 4.30. The van der Waals surface area contributed by atoms with Crippen LogP contribution in [0.2, 0.25) is 0 Å². The third kappa shape index (κ3) is 4.13. The topological polar surface area (TPSA) is 15.3 Å². The van der Waals surface area contributed by atoms with E-state index in [1.807, 2.05) is 0 Å². The predicted molar refractivity (Wildman–Crippen MR) is 79.5 cm³/mol. The maximum atomic E-state index is 12.8. The van der Waals surface area contributed by atoms with Crippen LogP contribution in [0.5, 0.6) is 0 Å². The van der Waals surface area contributed by atoms with Crippen molar-refractivity contribution in [1.82, 2.24) is 5.32 Å². The zero-order valence-corrected chi connectivity index (χ0v) is 12.6. The average Bonchev–Trinajstić information content (AvgIpc) is 2.71. The van der Waals surface area contributed by atoms with Crippen LogP contribution in [0.15, 0.2) is 24.3 Å². The van der Waals surface area contributed by atoms with Gasteiger partial charge >= 0.3 is 6.18 Å². The van der Waals surface area contributed by atoms with Crippen molar-refractivity contribution in [2.75, 3.05) is 24.5 Å². The summed E-state index contributed by atoms with van der Waals surface area (Å²) in [5, 5.41) is 3.51. The molecule has 5 heteroatoms. The number of rotatable bonds is 3. The fourth-order valence-corrected chi connectivity index (χ4v) is 2.73. The van der Waals surface area contributed by atoms with Crippen LogP contribution >= 0.6 is 0 Å². The highest BCUT2D eigenvalue weighted by molar-refractivity contribution is 5.49. The third-order valence-electron chi connectivity index (χ3n) is 4.30. The van der Waals surface area contributed by atoms with Crippen molar-refractivity contribution in [3.8, 4) is 0 Å². The van der Waals surface area contributed by atoms with E-state index < -0.39 is 11.7 Å². The van der Waals surface area contributed by atoms with Gasteiger partial charge in [0.1, 0.15) is 0 Å². The fraction of sp³-hybridized carbons (Fsp3) is 0.625. The summed E-state index contributed by atoms with van der Waals surface area (Å²) >= 11 is 0. The standard InChI is InChI=1S/C16H23F3N2/c1-3-12(2)15-11-21(9-5-8-20-15)14-7-4-6-13(10-14)16(17,18)19/h4,6-7,10,12,15,20H,3,5,8-9,11H2,1-2H3. The Morgan fingerprint density at radius 1 is 1.38 bits per heavy atom. The number of nitrogens with one attached hydrogen (secondary N) is 1. The summed E-state index contributed by atoms with van der Waals surface area (Å²) in [4.78, 5) is 2.08. The molecular weight excluding hydrogens is 277 g/mol. The maximum absolute atomic E-state index is 12.8. The Kier molecular flexibility index (Phi) is 5.14. The van der Waals surface area contributed by atoms with E-state index in [0.717, 1.165) is 38.5 Å². The molecule has 21 heavy (non-hydrogen) atoms. The van der Waals surface area contributed by atoms with E-state index in [1.54, 1.807) is 6.07 Å². The molecule has 0 spiro atoms. The lowest BCUT2D eigenvalue weighted by molar-refractivity contribution is -0.137. The summed E-state index contributed by atoms with van der Waals surface area (Å²) in [5.41, 5.74) is 0.0964. The zero-order valence-electron chi connectivity index (χ0n) is 12.6. The Balaban J connectivity index is 2.19. The van der Waals surface area contributed by atoms with E-state index in [2.05, 4.69) is 24.1 Å². The number of benzene rings is 1. The van der Waals surface area contributed by atoms with E-state index in [9.17, 15) is 13.2 Å². The highest BCUT2D eigenvalue weighted by atomic mass is 19.4. The van der Waals surface area contributed by atoms with Gasteiger partial charge in [-0.3, -0.25) is 0 Å². The van der Waals surface area contributed by atoms with Gasteiger partial charge in [-0.1, -0.05) is 26.3 Å². The quantitative estimate of drug-likeness (QED) is 0.910. The van der Waals surface area contributed by atoms with Crippen molar-refractivity contribution in [2.45, 2.75) is 38.9 Å². The molecule has 1 N–H and O–H groups in total. The Hall–Kier alpha value is -1.23. The Morgan fingerprint density at radius 3 is 2.81 bits per heavy atom. The average molecular weight is 300 g/mol. The largest absolute Gasteiger partial charge is 0.416 e. The number of halogens is 3. The summed E-state index contributed by atoms with van der Waals surface area (Å²) < 4.78 is 38.5. The summed E-state index contributed by atoms with van der Waals surface area (Å²) in [6.07, 6.45) is -2.27. The van der Waals surface area contributed by atoms with Crippen LogP contribution in [-0.2, 0) is 6.18 Å². The fourth-order valence-electron chi connectivity index (χ4n) is 2.73. The summed E-state index contributed by atoms with van der Waals surface area (Å²) in [6, 6.07) is 5.99. The molecule has 0 amide bonds. The van der Waals surface area contributed by atoms with E-state index in [-0.39, 0.29) is 0 Å². The molecule has 0 aromatic heterocycles. The van der Waals surface area contributed by atoms with E-state index in [1.165, 1.54) is 12.1 Å². The smallest absolute Gasteiger partial charge is 0.370 e. The Morgan fingerprint density at radius 2 is 2.14 bits per heavy atom. The van der Waals surface area contributed by atoms with Crippen molar-refractivity contribution in [3.63, 3.8) is 0 Å². The Labute approximate surface area is 124 Å². The van der Waals surface area contributed by atoms with Gasteiger partial charge in [0.25, 0.3) is 0 Å². The molecule has 2 nitrogen and oxygen atoms in total. The minimum absolute atomic E-state index is 0.326. The second kappa shape index (κ2) is 6.69. The van der Waals surface area contributed by atoms with Crippen molar-refractivity contribution < 1.29 is 13.2 Å². The summed E-state index contributed by atoms with van der Waals surface area (Å²) in [5.74, 6) is 0.511. The molecule has 1 fully saturated rings. The first-order valence-electron chi connectivity index (χ1n) is 7.57. The maximum Gasteiger partial charge on any atom is 0.416 e. The number of anilines is 1. The molecule has 1 heterocycles. The molecule has 1 aromatic rings. The second-order valence-corrected chi connectivity index (χ2v) is 5.79. The number of hydrogen-bond acceptors (Lipinski definition) is 2. The van der Waals surface area contributed by atoms with E-state index >= 15 is 0 Å². The van der Waals surface area contributed by atoms with Crippen LogP contribution in [-0.4, -0.2) is 25.7 Å². The van der Waals surface area contributed by atoms with Crippen LogP contribution in [0.4, 0.5) is 18.9 Å². The predicted octanol–water partition coefficient (Wildman–Crippen LogP) is 3.92. The monoisotopic (exact) mass is 300 g/mol. The first-order valence-corrected chi connectivity index (χ1v) is 7.57. The van der Waals surface area contributed by atoms with Crippen molar-refractivity contribution >= 4 is 5.69 Å². The van der Waals surface area contributed by atoms with E-state index in [4.69, 9.17) is 0 Å². The SMILES string of the molecule is CCC(C)C1CN(c2cccc(C(F)(F)F)c2)CCCN1. The molecule has 2 atom stereocenters. The van der Waals surface area contributed by atoms with Crippen LogP contribution in [0.1, 0.15) is 32.3 Å². The highest BCUT2D eigenvalue weighted by Crippen LogP contribution is 2.32.